The van der Waals surface area contributed by atoms with E-state index in [0.29, 0.717) is 17.1 Å². The fourth-order valence-electron chi connectivity index (χ4n) is 1.20. The monoisotopic (exact) mass is 230 g/mol. The fourth-order valence-corrected chi connectivity index (χ4v) is 1.37. The Labute approximate surface area is 93.9 Å². The van der Waals surface area contributed by atoms with Crippen LogP contribution in [0, 0.1) is 0 Å². The molecule has 3 N–H and O–H groups in total. The molecule has 1 aromatic heterocycles. The van der Waals surface area contributed by atoms with Crippen LogP contribution in [-0.2, 0) is 0 Å². The Hall–Kier alpha value is -0.840. The molecule has 0 aliphatic carbocycles. The summed E-state index contributed by atoms with van der Waals surface area (Å²) in [5.74, 6) is 0. The largest absolute Gasteiger partial charge is 0.394 e. The quantitative estimate of drug-likeness (QED) is 0.713. The van der Waals surface area contributed by atoms with Gasteiger partial charge in [-0.3, -0.25) is 4.98 Å². The molecule has 15 heavy (non-hydrogen) atoms. The Morgan fingerprint density at radius 2 is 2.13 bits per heavy atom. The van der Waals surface area contributed by atoms with E-state index in [1.165, 1.54) is 6.20 Å². The lowest BCUT2D eigenvalue weighted by atomic mass is 9.98. The predicted molar refractivity (Wildman–Crippen MR) is 60.1 cm³/mol. The van der Waals surface area contributed by atoms with Gasteiger partial charge in [0.15, 0.2) is 0 Å². The molecule has 0 bridgehead atoms. The van der Waals surface area contributed by atoms with Crippen molar-refractivity contribution in [2.24, 2.45) is 0 Å². The second-order valence-corrected chi connectivity index (χ2v) is 3.84. The van der Waals surface area contributed by atoms with Gasteiger partial charge in [0.1, 0.15) is 0 Å². The summed E-state index contributed by atoms with van der Waals surface area (Å²) >= 11 is 5.91. The number of halogens is 1. The molecule has 0 fully saturated rings. The summed E-state index contributed by atoms with van der Waals surface area (Å²) < 4.78 is 0. The van der Waals surface area contributed by atoms with Crippen molar-refractivity contribution in [1.29, 1.82) is 0 Å². The maximum absolute atomic E-state index is 9.25. The number of hydrogen-bond acceptors (Lipinski definition) is 4. The van der Waals surface area contributed by atoms with Crippen LogP contribution in [0.3, 0.4) is 0 Å². The third-order valence-electron chi connectivity index (χ3n) is 2.45. The average molecular weight is 231 g/mol. The average Bonchev–Trinajstić information content (AvgIpc) is 2.29. The van der Waals surface area contributed by atoms with E-state index in [9.17, 15) is 10.2 Å². The summed E-state index contributed by atoms with van der Waals surface area (Å²) in [6, 6.07) is 1.71. The summed E-state index contributed by atoms with van der Waals surface area (Å²) in [7, 11) is 0. The number of aromatic nitrogens is 1. The van der Waals surface area contributed by atoms with Gasteiger partial charge < -0.3 is 15.5 Å². The Morgan fingerprint density at radius 1 is 1.47 bits per heavy atom. The van der Waals surface area contributed by atoms with Crippen LogP contribution < -0.4 is 5.32 Å². The van der Waals surface area contributed by atoms with Gasteiger partial charge >= 0.3 is 0 Å². The van der Waals surface area contributed by atoms with Gasteiger partial charge in [0.2, 0.25) is 0 Å². The Balaban J connectivity index is 2.88. The normalized spacial score (nSPS) is 11.5. The van der Waals surface area contributed by atoms with E-state index in [-0.39, 0.29) is 13.2 Å². The maximum atomic E-state index is 9.25. The van der Waals surface area contributed by atoms with Crippen LogP contribution in [0.5, 0.6) is 0 Å². The minimum Gasteiger partial charge on any atom is -0.394 e. The molecule has 0 saturated carbocycles. The minimum absolute atomic E-state index is 0.154. The van der Waals surface area contributed by atoms with E-state index >= 15 is 0 Å². The number of aliphatic hydroxyl groups excluding tert-OH is 2. The van der Waals surface area contributed by atoms with Gasteiger partial charge in [-0.15, -0.1) is 0 Å². The van der Waals surface area contributed by atoms with E-state index in [4.69, 9.17) is 11.6 Å². The van der Waals surface area contributed by atoms with E-state index in [1.807, 2.05) is 6.92 Å². The molecule has 0 radical (unpaired) electrons. The zero-order valence-electron chi connectivity index (χ0n) is 8.57. The molecule has 0 aliphatic rings. The van der Waals surface area contributed by atoms with Crippen molar-refractivity contribution in [3.05, 3.63) is 23.5 Å². The third-order valence-corrected chi connectivity index (χ3v) is 2.76. The number of nitrogens with one attached hydrogen (secondary N) is 1. The van der Waals surface area contributed by atoms with Crippen molar-refractivity contribution in [3.8, 4) is 0 Å². The first-order valence-corrected chi connectivity index (χ1v) is 5.14. The van der Waals surface area contributed by atoms with Crippen molar-refractivity contribution < 1.29 is 10.2 Å². The van der Waals surface area contributed by atoms with Gasteiger partial charge in [0, 0.05) is 12.4 Å². The number of nitrogens with zero attached hydrogens (tertiary/aromatic N) is 1. The van der Waals surface area contributed by atoms with Crippen LogP contribution in [0.1, 0.15) is 13.3 Å². The second kappa shape index (κ2) is 5.30. The van der Waals surface area contributed by atoms with Crippen molar-refractivity contribution in [2.45, 2.75) is 18.9 Å². The van der Waals surface area contributed by atoms with Crippen LogP contribution in [0.4, 0.5) is 5.69 Å². The van der Waals surface area contributed by atoms with Crippen LogP contribution in [0.25, 0.3) is 0 Å². The Bertz CT molecular complexity index is 308. The highest BCUT2D eigenvalue weighted by atomic mass is 35.5. The first-order valence-electron chi connectivity index (χ1n) is 4.77. The van der Waals surface area contributed by atoms with Crippen LogP contribution in [0.2, 0.25) is 5.02 Å². The maximum Gasteiger partial charge on any atom is 0.0832 e. The molecule has 1 aromatic rings. The molecular formula is C10H15ClN2O2. The van der Waals surface area contributed by atoms with Crippen molar-refractivity contribution in [2.75, 3.05) is 18.5 Å². The lowest BCUT2D eigenvalue weighted by Gasteiger charge is -2.31. The number of anilines is 1. The molecule has 1 heterocycles. The lowest BCUT2D eigenvalue weighted by Crippen LogP contribution is -2.45. The van der Waals surface area contributed by atoms with E-state index in [1.54, 1.807) is 12.3 Å². The van der Waals surface area contributed by atoms with Gasteiger partial charge in [-0.2, -0.15) is 0 Å². The highest BCUT2D eigenvalue weighted by molar-refractivity contribution is 6.33. The second-order valence-electron chi connectivity index (χ2n) is 3.43. The number of aliphatic hydroxyl groups is 2. The number of pyridine rings is 1. The summed E-state index contributed by atoms with van der Waals surface area (Å²) in [6.07, 6.45) is 3.71. The smallest absolute Gasteiger partial charge is 0.0832 e. The van der Waals surface area contributed by atoms with Crippen LogP contribution in [-0.4, -0.2) is 33.9 Å². The highest BCUT2D eigenvalue weighted by Crippen LogP contribution is 2.24. The molecule has 0 aliphatic heterocycles. The van der Waals surface area contributed by atoms with Crippen molar-refractivity contribution in [1.82, 2.24) is 4.98 Å². The molecule has 0 unspecified atom stereocenters. The molecule has 0 spiro atoms. The SMILES string of the molecule is CCC(CO)(CO)Nc1ccncc1Cl. The summed E-state index contributed by atoms with van der Waals surface area (Å²) in [4.78, 5) is 3.86. The van der Waals surface area contributed by atoms with Gasteiger partial charge in [0.25, 0.3) is 0 Å². The van der Waals surface area contributed by atoms with Gasteiger partial charge in [0.05, 0.1) is 29.5 Å². The summed E-state index contributed by atoms with van der Waals surface area (Å²) in [6.45, 7) is 1.58. The summed E-state index contributed by atoms with van der Waals surface area (Å²) in [5, 5.41) is 22.0. The minimum atomic E-state index is -0.731. The number of hydrogen-bond donors (Lipinski definition) is 3. The predicted octanol–water partition coefficient (Wildman–Crippen LogP) is 1.28. The van der Waals surface area contributed by atoms with Crippen molar-refractivity contribution in [3.63, 3.8) is 0 Å². The molecule has 4 nitrogen and oxygen atoms in total. The standard InChI is InChI=1S/C10H15ClN2O2/c1-2-10(6-14,7-15)13-9-3-4-12-5-8(9)11/h3-5,14-15H,2,6-7H2,1H3,(H,12,13). The van der Waals surface area contributed by atoms with Crippen LogP contribution >= 0.6 is 11.6 Å². The molecule has 0 amide bonds. The van der Waals surface area contributed by atoms with Gasteiger partial charge in [-0.1, -0.05) is 18.5 Å². The third kappa shape index (κ3) is 2.81. The molecule has 5 heteroatoms. The molecule has 1 rings (SSSR count). The fraction of sp³-hybridized carbons (Fsp3) is 0.500. The van der Waals surface area contributed by atoms with Crippen LogP contribution in [0.15, 0.2) is 18.5 Å². The van der Waals surface area contributed by atoms with Crippen molar-refractivity contribution >= 4 is 17.3 Å². The molecule has 84 valence electrons. The molecular weight excluding hydrogens is 216 g/mol. The Morgan fingerprint density at radius 3 is 2.60 bits per heavy atom. The molecule has 0 saturated heterocycles. The van der Waals surface area contributed by atoms with E-state index in [0.717, 1.165) is 0 Å². The zero-order chi connectivity index (χ0) is 11.3. The first-order chi connectivity index (χ1) is 7.17. The van der Waals surface area contributed by atoms with Gasteiger partial charge in [-0.05, 0) is 12.5 Å². The van der Waals surface area contributed by atoms with Gasteiger partial charge in [-0.25, -0.2) is 0 Å². The molecule has 0 aromatic carbocycles. The summed E-state index contributed by atoms with van der Waals surface area (Å²) in [5.41, 5.74) is -0.0676. The molecule has 0 atom stereocenters. The zero-order valence-corrected chi connectivity index (χ0v) is 9.33. The van der Waals surface area contributed by atoms with E-state index < -0.39 is 5.54 Å². The van der Waals surface area contributed by atoms with E-state index in [2.05, 4.69) is 10.3 Å². The highest BCUT2D eigenvalue weighted by Gasteiger charge is 2.26. The topological polar surface area (TPSA) is 65.4 Å². The first kappa shape index (κ1) is 12.2. The Kier molecular flexibility index (Phi) is 4.32. The lowest BCUT2D eigenvalue weighted by molar-refractivity contribution is 0.132. The number of rotatable bonds is 5.